The van der Waals surface area contributed by atoms with Crippen LogP contribution >= 0.6 is 0 Å². The van der Waals surface area contributed by atoms with Gasteiger partial charge in [0.05, 0.1) is 18.1 Å². The van der Waals surface area contributed by atoms with Crippen molar-refractivity contribution in [1.82, 2.24) is 17.8 Å². The summed E-state index contributed by atoms with van der Waals surface area (Å²) in [6, 6.07) is 7.05. The molecule has 0 aromatic heterocycles. The molecular weight excluding hydrogens is 587 g/mol. The Morgan fingerprint density at radius 2 is 1.28 bits per heavy atom. The molecule has 0 bridgehead atoms. The lowest BCUT2D eigenvalue weighted by molar-refractivity contribution is -0.125. The van der Waals surface area contributed by atoms with Gasteiger partial charge in [0.1, 0.15) is 0 Å². The minimum absolute atomic E-state index is 0.249. The molecular formula is C31H53N5O5S2. The lowest BCUT2D eigenvalue weighted by atomic mass is 9.85. The van der Waals surface area contributed by atoms with Crippen LogP contribution in [0.2, 0.25) is 0 Å². The normalized spacial score (nSPS) is 25.1. The predicted molar refractivity (Wildman–Crippen MR) is 171 cm³/mol. The maximum atomic E-state index is 14.2. The van der Waals surface area contributed by atoms with E-state index in [1.54, 1.807) is 25.0 Å². The molecule has 244 valence electrons. The Morgan fingerprint density at radius 1 is 0.721 bits per heavy atom. The third-order valence-electron chi connectivity index (χ3n) is 9.80. The zero-order valence-corrected chi connectivity index (χ0v) is 28.0. The molecule has 12 heteroatoms. The fourth-order valence-corrected chi connectivity index (χ4v) is 10.7. The maximum absolute atomic E-state index is 14.2. The van der Waals surface area contributed by atoms with Gasteiger partial charge in [-0.15, -0.1) is 0 Å². The van der Waals surface area contributed by atoms with E-state index in [2.05, 4.69) is 4.90 Å². The van der Waals surface area contributed by atoms with Crippen LogP contribution in [-0.2, 0) is 25.0 Å². The number of piperidine rings is 1. The largest absolute Gasteiger partial charge is 0.380 e. The third kappa shape index (κ3) is 8.12. The Morgan fingerprint density at radius 3 is 1.86 bits per heavy atom. The fraction of sp³-hybridized carbons (Fsp3) is 0.806. The summed E-state index contributed by atoms with van der Waals surface area (Å²) in [5.41, 5.74) is 0.369. The second-order valence-corrected chi connectivity index (χ2v) is 17.4. The average Bonchev–Trinajstić information content (AvgIpc) is 2.98. The van der Waals surface area contributed by atoms with Crippen LogP contribution in [0.4, 0.5) is 5.69 Å². The lowest BCUT2D eigenvalue weighted by Gasteiger charge is -2.47. The van der Waals surface area contributed by atoms with Crippen molar-refractivity contribution in [3.05, 3.63) is 24.3 Å². The van der Waals surface area contributed by atoms with Crippen LogP contribution < -0.4 is 4.90 Å². The van der Waals surface area contributed by atoms with Crippen LogP contribution in [0.25, 0.3) is 0 Å². The molecule has 43 heavy (non-hydrogen) atoms. The Balaban J connectivity index is 1.42. The number of sulfonamides is 1. The highest BCUT2D eigenvalue weighted by molar-refractivity contribution is 7.89. The Kier molecular flexibility index (Phi) is 11.1. The van der Waals surface area contributed by atoms with E-state index in [-0.39, 0.29) is 18.0 Å². The molecule has 3 aliphatic heterocycles. The summed E-state index contributed by atoms with van der Waals surface area (Å²) in [5.74, 6) is 0.667. The highest BCUT2D eigenvalue weighted by atomic mass is 32.2. The van der Waals surface area contributed by atoms with E-state index in [9.17, 15) is 16.8 Å². The first kappa shape index (κ1) is 33.1. The first-order valence-corrected chi connectivity index (χ1v) is 19.3. The second kappa shape index (κ2) is 14.4. The molecule has 1 saturated carbocycles. The SMILES string of the molecule is CN(C)c1ccc(S(=O)(=O)N2CCCN(CC3CCCCC3)CCCN(S(=O)(=O)N3CCCCC3)CC3(COC3)C2)cc1. The van der Waals surface area contributed by atoms with Crippen LogP contribution in [0.15, 0.2) is 29.2 Å². The lowest BCUT2D eigenvalue weighted by Crippen LogP contribution is -2.60. The predicted octanol–water partition coefficient (Wildman–Crippen LogP) is 3.47. The molecule has 1 spiro atoms. The molecule has 4 aliphatic rings. The number of hydrogen-bond donors (Lipinski definition) is 0. The van der Waals surface area contributed by atoms with Crippen LogP contribution in [0.5, 0.6) is 0 Å². The first-order valence-electron chi connectivity index (χ1n) is 16.4. The van der Waals surface area contributed by atoms with Gasteiger partial charge in [0, 0.05) is 71.0 Å². The van der Waals surface area contributed by atoms with Crippen molar-refractivity contribution in [3.8, 4) is 0 Å². The van der Waals surface area contributed by atoms with Crippen LogP contribution in [0.3, 0.4) is 0 Å². The van der Waals surface area contributed by atoms with Crippen molar-refractivity contribution in [2.45, 2.75) is 69.1 Å². The minimum atomic E-state index is -3.80. The summed E-state index contributed by atoms with van der Waals surface area (Å²) in [6.45, 7) is 5.85. The quantitative estimate of drug-likeness (QED) is 0.451. The topological polar surface area (TPSA) is 93.7 Å². The van der Waals surface area contributed by atoms with E-state index in [1.807, 2.05) is 31.1 Å². The molecule has 1 aliphatic carbocycles. The van der Waals surface area contributed by atoms with Gasteiger partial charge in [-0.1, -0.05) is 25.7 Å². The van der Waals surface area contributed by atoms with Crippen molar-refractivity contribution in [3.63, 3.8) is 0 Å². The van der Waals surface area contributed by atoms with Gasteiger partial charge in [-0.05, 0) is 81.8 Å². The highest BCUT2D eigenvalue weighted by Crippen LogP contribution is 2.34. The third-order valence-corrected chi connectivity index (χ3v) is 13.6. The van der Waals surface area contributed by atoms with E-state index in [0.29, 0.717) is 45.3 Å². The maximum Gasteiger partial charge on any atom is 0.281 e. The van der Waals surface area contributed by atoms with Gasteiger partial charge in [0.15, 0.2) is 0 Å². The standard InChI is InChI=1S/C31H53N5O5S2/c1-32(2)29-13-15-30(16-14-29)42(37,38)35-21-9-17-33(23-28-11-5-3-6-12-28)18-10-22-36(25-31(24-35)26-41-27-31)43(39,40)34-19-7-4-8-20-34/h13-16,28H,3-12,17-27H2,1-2H3. The van der Waals surface area contributed by atoms with E-state index >= 15 is 0 Å². The number of ether oxygens (including phenoxy) is 1. The van der Waals surface area contributed by atoms with Crippen molar-refractivity contribution in [2.24, 2.45) is 11.3 Å². The van der Waals surface area contributed by atoms with Crippen molar-refractivity contribution >= 4 is 25.9 Å². The van der Waals surface area contributed by atoms with E-state index in [4.69, 9.17) is 4.74 Å². The monoisotopic (exact) mass is 639 g/mol. The molecule has 0 unspecified atom stereocenters. The number of hydrogen-bond acceptors (Lipinski definition) is 7. The summed E-state index contributed by atoms with van der Waals surface area (Å²) in [7, 11) is -3.59. The van der Waals surface area contributed by atoms with E-state index in [1.165, 1.54) is 32.1 Å². The molecule has 3 heterocycles. The second-order valence-electron chi connectivity index (χ2n) is 13.5. The molecule has 10 nitrogen and oxygen atoms in total. The molecule has 0 radical (unpaired) electrons. The van der Waals surface area contributed by atoms with Gasteiger partial charge in [-0.3, -0.25) is 0 Å². The molecule has 0 amide bonds. The Labute approximate surface area is 260 Å². The summed E-state index contributed by atoms with van der Waals surface area (Å²) in [4.78, 5) is 4.70. The van der Waals surface area contributed by atoms with Crippen molar-refractivity contribution in [2.75, 3.05) is 91.1 Å². The zero-order valence-electron chi connectivity index (χ0n) is 26.3. The molecule has 4 fully saturated rings. The molecule has 3 saturated heterocycles. The molecule has 1 aromatic carbocycles. The van der Waals surface area contributed by atoms with Crippen LogP contribution in [-0.4, -0.2) is 121 Å². The first-order chi connectivity index (χ1) is 20.6. The molecule has 0 N–H and O–H groups in total. The Bertz CT molecular complexity index is 1240. The fourth-order valence-electron chi connectivity index (χ4n) is 7.23. The van der Waals surface area contributed by atoms with Gasteiger partial charge in [0.2, 0.25) is 10.0 Å². The number of nitrogens with zero attached hydrogens (tertiary/aromatic N) is 5. The Hall–Kier alpha value is -1.28. The summed E-state index contributed by atoms with van der Waals surface area (Å²) in [5, 5.41) is 0. The molecule has 5 rings (SSSR count). The van der Waals surface area contributed by atoms with Crippen LogP contribution in [0.1, 0.15) is 64.2 Å². The van der Waals surface area contributed by atoms with Gasteiger partial charge >= 0.3 is 0 Å². The van der Waals surface area contributed by atoms with Gasteiger partial charge in [-0.2, -0.15) is 21.3 Å². The number of rotatable bonds is 7. The zero-order chi connectivity index (χ0) is 30.5. The number of benzene rings is 1. The molecule has 1 aromatic rings. The minimum Gasteiger partial charge on any atom is -0.380 e. The van der Waals surface area contributed by atoms with Crippen molar-refractivity contribution < 1.29 is 21.6 Å². The van der Waals surface area contributed by atoms with Gasteiger partial charge < -0.3 is 14.5 Å². The van der Waals surface area contributed by atoms with Gasteiger partial charge in [0.25, 0.3) is 10.2 Å². The average molecular weight is 640 g/mol. The smallest absolute Gasteiger partial charge is 0.281 e. The van der Waals surface area contributed by atoms with Crippen LogP contribution in [0, 0.1) is 11.3 Å². The highest BCUT2D eigenvalue weighted by Gasteiger charge is 2.47. The van der Waals surface area contributed by atoms with Gasteiger partial charge in [-0.25, -0.2) is 8.42 Å². The molecule has 0 atom stereocenters. The number of anilines is 1. The summed E-state index contributed by atoms with van der Waals surface area (Å²) in [6.07, 6.45) is 10.7. The summed E-state index contributed by atoms with van der Waals surface area (Å²) < 4.78 is 67.0. The van der Waals surface area contributed by atoms with E-state index < -0.39 is 25.6 Å². The van der Waals surface area contributed by atoms with E-state index in [0.717, 1.165) is 57.4 Å². The van der Waals surface area contributed by atoms with Crippen molar-refractivity contribution in [1.29, 1.82) is 0 Å². The summed E-state index contributed by atoms with van der Waals surface area (Å²) >= 11 is 0.